The van der Waals surface area contributed by atoms with Gasteiger partial charge in [-0.15, -0.1) is 0 Å². The molecule has 0 radical (unpaired) electrons. The first-order chi connectivity index (χ1) is 11.7. The summed E-state index contributed by atoms with van der Waals surface area (Å²) in [6, 6.07) is 17.4. The summed E-state index contributed by atoms with van der Waals surface area (Å²) in [6.45, 7) is 4.25. The van der Waals surface area contributed by atoms with Crippen LogP contribution in [0.25, 0.3) is 11.0 Å². The fraction of sp³-hybridized carbons (Fsp3) is 0.250. The smallest absolute Gasteiger partial charge is 0.408 e. The molecular formula is C20H21NO3. The zero-order valence-electron chi connectivity index (χ0n) is 13.9. The number of ether oxygens (including phenoxy) is 1. The van der Waals surface area contributed by atoms with Crippen LogP contribution in [0.5, 0.6) is 0 Å². The van der Waals surface area contributed by atoms with E-state index in [1.807, 2.05) is 49.4 Å². The van der Waals surface area contributed by atoms with Crippen molar-refractivity contribution in [1.82, 2.24) is 5.32 Å². The van der Waals surface area contributed by atoms with E-state index in [0.717, 1.165) is 28.7 Å². The maximum absolute atomic E-state index is 11.9. The number of furan rings is 1. The number of alkyl carbamates (subject to hydrolysis) is 1. The highest BCUT2D eigenvalue weighted by molar-refractivity contribution is 5.79. The molecule has 1 atom stereocenters. The van der Waals surface area contributed by atoms with Gasteiger partial charge in [0.15, 0.2) is 0 Å². The zero-order chi connectivity index (χ0) is 16.9. The molecule has 0 aliphatic rings. The van der Waals surface area contributed by atoms with E-state index in [4.69, 9.17) is 9.15 Å². The van der Waals surface area contributed by atoms with Crippen molar-refractivity contribution in [3.8, 4) is 0 Å². The van der Waals surface area contributed by atoms with E-state index in [0.29, 0.717) is 0 Å². The van der Waals surface area contributed by atoms with Gasteiger partial charge < -0.3 is 14.5 Å². The molecule has 3 rings (SSSR count). The standard InChI is InChI=1S/C20H21NO3/c1-3-15-9-10-18-17(11-15)12-19(24-18)14(2)21-20(22)23-13-16-7-5-4-6-8-16/h4-12,14H,3,13H2,1-2H3,(H,21,22). The van der Waals surface area contributed by atoms with Gasteiger partial charge in [0.2, 0.25) is 0 Å². The molecule has 0 saturated carbocycles. The molecule has 0 saturated heterocycles. The summed E-state index contributed by atoms with van der Waals surface area (Å²) >= 11 is 0. The van der Waals surface area contributed by atoms with E-state index in [1.165, 1.54) is 5.56 Å². The number of fused-ring (bicyclic) bond motifs is 1. The minimum Gasteiger partial charge on any atom is -0.459 e. The first-order valence-electron chi connectivity index (χ1n) is 8.15. The lowest BCUT2D eigenvalue weighted by atomic mass is 10.1. The van der Waals surface area contributed by atoms with Crippen molar-refractivity contribution in [3.05, 3.63) is 71.5 Å². The Morgan fingerprint density at radius 3 is 2.67 bits per heavy atom. The summed E-state index contributed by atoms with van der Waals surface area (Å²) in [7, 11) is 0. The Labute approximate surface area is 141 Å². The molecule has 0 fully saturated rings. The van der Waals surface area contributed by atoms with Crippen molar-refractivity contribution >= 4 is 17.1 Å². The number of amides is 1. The fourth-order valence-electron chi connectivity index (χ4n) is 2.56. The van der Waals surface area contributed by atoms with E-state index in [2.05, 4.69) is 24.4 Å². The highest BCUT2D eigenvalue weighted by Gasteiger charge is 2.15. The molecule has 2 aromatic carbocycles. The third-order valence-electron chi connectivity index (χ3n) is 3.98. The predicted octanol–water partition coefficient (Wildman–Crippen LogP) is 4.98. The minimum atomic E-state index is -0.457. The SMILES string of the molecule is CCc1ccc2oc(C(C)NC(=O)OCc3ccccc3)cc2c1. The number of rotatable bonds is 5. The summed E-state index contributed by atoms with van der Waals surface area (Å²) in [5.74, 6) is 0.718. The lowest BCUT2D eigenvalue weighted by Gasteiger charge is -2.11. The second-order valence-electron chi connectivity index (χ2n) is 5.80. The van der Waals surface area contributed by atoms with Crippen LogP contribution in [0.2, 0.25) is 0 Å². The van der Waals surface area contributed by atoms with Crippen molar-refractivity contribution in [3.63, 3.8) is 0 Å². The van der Waals surface area contributed by atoms with Crippen LogP contribution in [0.1, 0.15) is 36.8 Å². The quantitative estimate of drug-likeness (QED) is 0.720. The number of carbonyl (C=O) groups excluding carboxylic acids is 1. The minimum absolute atomic E-state index is 0.249. The van der Waals surface area contributed by atoms with Crippen molar-refractivity contribution in [2.45, 2.75) is 32.9 Å². The van der Waals surface area contributed by atoms with Gasteiger partial charge in [-0.2, -0.15) is 0 Å². The molecule has 1 aromatic heterocycles. The van der Waals surface area contributed by atoms with Crippen LogP contribution in [0, 0.1) is 0 Å². The van der Waals surface area contributed by atoms with Crippen molar-refractivity contribution < 1.29 is 13.9 Å². The number of benzene rings is 2. The van der Waals surface area contributed by atoms with Gasteiger partial charge in [-0.05, 0) is 42.7 Å². The van der Waals surface area contributed by atoms with Crippen LogP contribution in [0.4, 0.5) is 4.79 Å². The molecule has 1 heterocycles. The van der Waals surface area contributed by atoms with Crippen LogP contribution in [-0.4, -0.2) is 6.09 Å². The third kappa shape index (κ3) is 3.77. The summed E-state index contributed by atoms with van der Waals surface area (Å²) in [4.78, 5) is 11.9. The van der Waals surface area contributed by atoms with Gasteiger partial charge in [0, 0.05) is 5.39 Å². The molecule has 0 aliphatic carbocycles. The molecular weight excluding hydrogens is 302 g/mol. The molecule has 0 aliphatic heterocycles. The van der Waals surface area contributed by atoms with Gasteiger partial charge >= 0.3 is 6.09 Å². The number of aryl methyl sites for hydroxylation is 1. The van der Waals surface area contributed by atoms with Crippen LogP contribution < -0.4 is 5.32 Å². The second kappa shape index (κ2) is 7.21. The molecule has 1 N–H and O–H groups in total. The van der Waals surface area contributed by atoms with Gasteiger partial charge in [0.05, 0.1) is 6.04 Å². The van der Waals surface area contributed by atoms with Crippen LogP contribution >= 0.6 is 0 Å². The fourth-order valence-corrected chi connectivity index (χ4v) is 2.56. The number of nitrogens with one attached hydrogen (secondary N) is 1. The summed E-state index contributed by atoms with van der Waals surface area (Å²) in [5, 5.41) is 3.85. The molecule has 0 spiro atoms. The molecule has 0 bridgehead atoms. The average molecular weight is 323 g/mol. The van der Waals surface area contributed by atoms with Crippen LogP contribution in [0.15, 0.2) is 59.0 Å². The monoisotopic (exact) mass is 323 g/mol. The largest absolute Gasteiger partial charge is 0.459 e. The van der Waals surface area contributed by atoms with E-state index < -0.39 is 6.09 Å². The van der Waals surface area contributed by atoms with E-state index in [-0.39, 0.29) is 12.6 Å². The van der Waals surface area contributed by atoms with Crippen molar-refractivity contribution in [2.75, 3.05) is 0 Å². The molecule has 3 aromatic rings. The molecule has 4 heteroatoms. The average Bonchev–Trinajstić information content (AvgIpc) is 3.04. The Kier molecular flexibility index (Phi) is 4.85. The lowest BCUT2D eigenvalue weighted by molar-refractivity contribution is 0.135. The van der Waals surface area contributed by atoms with Gasteiger partial charge in [-0.3, -0.25) is 0 Å². The van der Waals surface area contributed by atoms with Crippen LogP contribution in [0.3, 0.4) is 0 Å². The van der Waals surface area contributed by atoms with Gasteiger partial charge in [-0.1, -0.05) is 43.3 Å². The molecule has 1 amide bonds. The lowest BCUT2D eigenvalue weighted by Crippen LogP contribution is -2.27. The van der Waals surface area contributed by atoms with E-state index >= 15 is 0 Å². The van der Waals surface area contributed by atoms with Crippen molar-refractivity contribution in [1.29, 1.82) is 0 Å². The summed E-state index contributed by atoms with van der Waals surface area (Å²) in [6.07, 6.45) is 0.525. The first-order valence-corrected chi connectivity index (χ1v) is 8.15. The zero-order valence-corrected chi connectivity index (χ0v) is 13.9. The second-order valence-corrected chi connectivity index (χ2v) is 5.80. The summed E-state index contributed by atoms with van der Waals surface area (Å²) < 4.78 is 11.1. The number of hydrogen-bond donors (Lipinski definition) is 1. The maximum Gasteiger partial charge on any atom is 0.408 e. The Bertz CT molecular complexity index is 823. The normalized spacial score (nSPS) is 12.1. The third-order valence-corrected chi connectivity index (χ3v) is 3.98. The maximum atomic E-state index is 11.9. The Hall–Kier alpha value is -2.75. The van der Waals surface area contributed by atoms with E-state index in [9.17, 15) is 4.79 Å². The van der Waals surface area contributed by atoms with Gasteiger partial charge in [-0.25, -0.2) is 4.79 Å². The molecule has 24 heavy (non-hydrogen) atoms. The topological polar surface area (TPSA) is 51.5 Å². The van der Waals surface area contributed by atoms with Gasteiger partial charge in [0.25, 0.3) is 0 Å². The van der Waals surface area contributed by atoms with Crippen LogP contribution in [-0.2, 0) is 17.8 Å². The van der Waals surface area contributed by atoms with Crippen molar-refractivity contribution in [2.24, 2.45) is 0 Å². The highest BCUT2D eigenvalue weighted by Crippen LogP contribution is 2.25. The predicted molar refractivity (Wildman–Crippen MR) is 93.8 cm³/mol. The molecule has 124 valence electrons. The van der Waals surface area contributed by atoms with Gasteiger partial charge in [0.1, 0.15) is 18.0 Å². The summed E-state index contributed by atoms with van der Waals surface area (Å²) in [5.41, 5.74) is 3.04. The number of carbonyl (C=O) groups is 1. The number of hydrogen-bond acceptors (Lipinski definition) is 3. The molecule has 1 unspecified atom stereocenters. The Balaban J connectivity index is 1.61. The first kappa shape index (κ1) is 16.1. The van der Waals surface area contributed by atoms with E-state index in [1.54, 1.807) is 0 Å². The highest BCUT2D eigenvalue weighted by atomic mass is 16.5. The molecule has 4 nitrogen and oxygen atoms in total. The Morgan fingerprint density at radius 1 is 1.12 bits per heavy atom. The Morgan fingerprint density at radius 2 is 1.92 bits per heavy atom.